The Morgan fingerprint density at radius 2 is 1.78 bits per heavy atom. The zero-order chi connectivity index (χ0) is 26.4. The van der Waals surface area contributed by atoms with Crippen LogP contribution in [-0.2, 0) is 17.5 Å². The average Bonchev–Trinajstić information content (AvgIpc) is 2.89. The number of ether oxygens (including phenoxy) is 1. The number of amides is 1. The number of carbonyl (C=O) groups excluding carboxylic acids is 1. The van der Waals surface area contributed by atoms with Crippen LogP contribution >= 0.6 is 0 Å². The zero-order valence-electron chi connectivity index (χ0n) is 20.4. The van der Waals surface area contributed by atoms with Crippen LogP contribution in [0, 0.1) is 5.82 Å². The van der Waals surface area contributed by atoms with Crippen LogP contribution in [0.25, 0.3) is 11.1 Å². The summed E-state index contributed by atoms with van der Waals surface area (Å²) in [4.78, 5) is 20.6. The minimum atomic E-state index is -4.57. The van der Waals surface area contributed by atoms with Gasteiger partial charge in [-0.2, -0.15) is 13.2 Å². The molecule has 37 heavy (non-hydrogen) atoms. The lowest BCUT2D eigenvalue weighted by Gasteiger charge is -2.34. The Kier molecular flexibility index (Phi) is 8.40. The largest absolute Gasteiger partial charge is 0.481 e. The molecule has 1 aliphatic rings. The molecule has 1 fully saturated rings. The van der Waals surface area contributed by atoms with E-state index in [1.807, 2.05) is 4.90 Å². The summed E-state index contributed by atoms with van der Waals surface area (Å²) in [6.45, 7) is 5.62. The first-order valence-corrected chi connectivity index (χ1v) is 12.0. The number of carbonyl (C=O) groups is 1. The number of pyridine rings is 1. The van der Waals surface area contributed by atoms with E-state index < -0.39 is 30.1 Å². The van der Waals surface area contributed by atoms with Crippen LogP contribution < -0.4 is 10.1 Å². The van der Waals surface area contributed by atoms with Crippen molar-refractivity contribution >= 4 is 11.6 Å². The minimum Gasteiger partial charge on any atom is -0.481 e. The lowest BCUT2D eigenvalue weighted by molar-refractivity contribution is -0.138. The number of nitrogens with zero attached hydrogens (tertiary/aromatic N) is 3. The van der Waals surface area contributed by atoms with Gasteiger partial charge in [-0.15, -0.1) is 0 Å². The molecule has 1 amide bonds. The zero-order valence-corrected chi connectivity index (χ0v) is 20.4. The van der Waals surface area contributed by atoms with Gasteiger partial charge in [0.15, 0.2) is 18.2 Å². The van der Waals surface area contributed by atoms with Crippen molar-refractivity contribution in [1.82, 2.24) is 14.8 Å². The molecule has 0 aliphatic carbocycles. The van der Waals surface area contributed by atoms with Gasteiger partial charge >= 0.3 is 6.18 Å². The lowest BCUT2D eigenvalue weighted by atomic mass is 10.0. The number of piperazine rings is 1. The maximum atomic E-state index is 14.5. The first-order chi connectivity index (χ1) is 17.7. The maximum Gasteiger partial charge on any atom is 0.416 e. The minimum absolute atomic E-state index is 0.00660. The van der Waals surface area contributed by atoms with Crippen molar-refractivity contribution in [2.24, 2.45) is 0 Å². The molecule has 1 saturated heterocycles. The van der Waals surface area contributed by atoms with Crippen LogP contribution in [0.5, 0.6) is 5.75 Å². The van der Waals surface area contributed by atoms with Crippen molar-refractivity contribution in [3.8, 4) is 16.9 Å². The highest BCUT2D eigenvalue weighted by molar-refractivity contribution is 5.92. The van der Waals surface area contributed by atoms with Gasteiger partial charge in [0.05, 0.1) is 5.56 Å². The highest BCUT2D eigenvalue weighted by Crippen LogP contribution is 2.34. The van der Waals surface area contributed by atoms with E-state index in [-0.39, 0.29) is 23.5 Å². The number of rotatable bonds is 8. The Balaban J connectivity index is 1.38. The topological polar surface area (TPSA) is 57.7 Å². The lowest BCUT2D eigenvalue weighted by Crippen LogP contribution is -2.45. The van der Waals surface area contributed by atoms with Gasteiger partial charge in [0, 0.05) is 56.4 Å². The normalized spacial score (nSPS) is 14.9. The van der Waals surface area contributed by atoms with Gasteiger partial charge in [-0.05, 0) is 48.0 Å². The quantitative estimate of drug-likeness (QED) is 0.424. The van der Waals surface area contributed by atoms with Gasteiger partial charge in [0.2, 0.25) is 0 Å². The van der Waals surface area contributed by atoms with E-state index in [9.17, 15) is 22.4 Å². The van der Waals surface area contributed by atoms with Crippen LogP contribution in [0.1, 0.15) is 18.1 Å². The molecule has 0 unspecified atom stereocenters. The first kappa shape index (κ1) is 26.6. The molecular weight excluding hydrogens is 488 g/mol. The smallest absolute Gasteiger partial charge is 0.416 e. The monoisotopic (exact) mass is 516 g/mol. The van der Waals surface area contributed by atoms with Crippen molar-refractivity contribution in [3.63, 3.8) is 0 Å². The van der Waals surface area contributed by atoms with E-state index in [4.69, 9.17) is 4.74 Å². The second kappa shape index (κ2) is 11.7. The molecule has 0 atom stereocenters. The van der Waals surface area contributed by atoms with E-state index in [1.54, 1.807) is 30.6 Å². The van der Waals surface area contributed by atoms with Crippen molar-refractivity contribution in [1.29, 1.82) is 0 Å². The second-order valence-corrected chi connectivity index (χ2v) is 8.80. The van der Waals surface area contributed by atoms with Gasteiger partial charge in [0.1, 0.15) is 0 Å². The molecular formula is C27H28F4N4O2. The Labute approximate surface area is 212 Å². The SMILES string of the molecule is CCN1CCN(Cc2ccc(NC(=O)COc3ccc(-c4cccnc4)cc3F)cc2C(F)(F)F)CC1. The standard InChI is InChI=1S/C27H28F4N4O2/c1-2-34-10-12-35(13-11-34)17-21-5-7-22(15-23(21)27(29,30)31)33-26(36)18-37-25-8-6-19(14-24(25)28)20-4-3-9-32-16-20/h3-9,14-16H,2,10-13,17-18H2,1H3,(H,33,36). The number of aromatic nitrogens is 1. The van der Waals surface area contributed by atoms with E-state index in [1.165, 1.54) is 24.3 Å². The molecule has 196 valence electrons. The maximum absolute atomic E-state index is 14.5. The molecule has 0 radical (unpaired) electrons. The fraction of sp³-hybridized carbons (Fsp3) is 0.333. The highest BCUT2D eigenvalue weighted by atomic mass is 19.4. The fourth-order valence-electron chi connectivity index (χ4n) is 4.23. The van der Waals surface area contributed by atoms with Crippen molar-refractivity contribution in [2.45, 2.75) is 19.6 Å². The Morgan fingerprint density at radius 3 is 2.43 bits per heavy atom. The van der Waals surface area contributed by atoms with Crippen molar-refractivity contribution in [2.75, 3.05) is 44.6 Å². The predicted octanol–water partition coefficient (Wildman–Crippen LogP) is 5.06. The van der Waals surface area contributed by atoms with Crippen molar-refractivity contribution < 1.29 is 27.1 Å². The van der Waals surface area contributed by atoms with Crippen LogP contribution in [0.15, 0.2) is 60.9 Å². The van der Waals surface area contributed by atoms with Gasteiger partial charge in [-0.3, -0.25) is 14.7 Å². The number of nitrogens with one attached hydrogen (secondary N) is 1. The summed E-state index contributed by atoms with van der Waals surface area (Å²) in [5.41, 5.74) is 0.670. The summed E-state index contributed by atoms with van der Waals surface area (Å²) in [5.74, 6) is -1.51. The molecule has 1 N–H and O–H groups in total. The third kappa shape index (κ3) is 7.05. The van der Waals surface area contributed by atoms with Crippen LogP contribution in [0.3, 0.4) is 0 Å². The molecule has 2 heterocycles. The fourth-order valence-corrected chi connectivity index (χ4v) is 4.23. The first-order valence-electron chi connectivity index (χ1n) is 12.0. The molecule has 4 rings (SSSR count). The summed E-state index contributed by atoms with van der Waals surface area (Å²) >= 11 is 0. The summed E-state index contributed by atoms with van der Waals surface area (Å²) in [6.07, 6.45) is -1.37. The molecule has 3 aromatic rings. The molecule has 0 saturated carbocycles. The predicted molar refractivity (Wildman–Crippen MR) is 133 cm³/mol. The summed E-state index contributed by atoms with van der Waals surface area (Å²) in [5, 5.41) is 2.41. The number of alkyl halides is 3. The number of anilines is 1. The van der Waals surface area contributed by atoms with Gasteiger partial charge in [-0.1, -0.05) is 25.1 Å². The molecule has 1 aliphatic heterocycles. The van der Waals surface area contributed by atoms with Crippen molar-refractivity contribution in [3.05, 3.63) is 77.9 Å². The molecule has 6 nitrogen and oxygen atoms in total. The van der Waals surface area contributed by atoms with Gasteiger partial charge in [-0.25, -0.2) is 4.39 Å². The second-order valence-electron chi connectivity index (χ2n) is 8.80. The number of halogens is 4. The van der Waals surface area contributed by atoms with Crippen LogP contribution in [0.2, 0.25) is 0 Å². The third-order valence-corrected chi connectivity index (χ3v) is 6.29. The summed E-state index contributed by atoms with van der Waals surface area (Å²) in [7, 11) is 0. The van der Waals surface area contributed by atoms with E-state index in [0.29, 0.717) is 18.7 Å². The third-order valence-electron chi connectivity index (χ3n) is 6.29. The molecule has 2 aromatic carbocycles. The summed E-state index contributed by atoms with van der Waals surface area (Å²) in [6, 6.07) is 11.6. The number of likely N-dealkylation sites (N-methyl/N-ethyl adjacent to an activating group) is 1. The van der Waals surface area contributed by atoms with Crippen LogP contribution in [-0.4, -0.2) is 60.0 Å². The van der Waals surface area contributed by atoms with Gasteiger partial charge < -0.3 is 15.0 Å². The van der Waals surface area contributed by atoms with E-state index in [2.05, 4.69) is 22.1 Å². The molecule has 1 aromatic heterocycles. The van der Waals surface area contributed by atoms with E-state index in [0.717, 1.165) is 31.3 Å². The Bertz CT molecular complexity index is 1210. The summed E-state index contributed by atoms with van der Waals surface area (Å²) < 4.78 is 61.1. The molecule has 0 spiro atoms. The number of benzene rings is 2. The van der Waals surface area contributed by atoms with E-state index >= 15 is 0 Å². The van der Waals surface area contributed by atoms with Crippen LogP contribution in [0.4, 0.5) is 23.2 Å². The molecule has 0 bridgehead atoms. The molecule has 10 heteroatoms. The van der Waals surface area contributed by atoms with Gasteiger partial charge in [0.25, 0.3) is 5.91 Å². The highest BCUT2D eigenvalue weighted by Gasteiger charge is 2.34. The average molecular weight is 517 g/mol. The Morgan fingerprint density at radius 1 is 1.03 bits per heavy atom. The Hall–Kier alpha value is -3.50. The number of hydrogen-bond donors (Lipinski definition) is 1. The number of hydrogen-bond acceptors (Lipinski definition) is 5.